The largest absolute Gasteiger partial charge is 1.00 e. The van der Waals surface area contributed by atoms with Gasteiger partial charge >= 0.3 is 29.6 Å². The fraction of sp³-hybridized carbons (Fsp3) is 1.00. The maximum absolute atomic E-state index is 5.45. The summed E-state index contributed by atoms with van der Waals surface area (Å²) in [7, 11) is 0. The van der Waals surface area contributed by atoms with E-state index in [1.807, 2.05) is 23.5 Å². The fourth-order valence-electron chi connectivity index (χ4n) is 1.68. The number of thioether (sulfide) groups is 2. The Hall–Kier alpha value is 3.39. The molecule has 2 aliphatic carbocycles. The molecule has 0 amide bonds. The normalized spacial score (nSPS) is 26.8. The third-order valence-corrected chi connectivity index (χ3v) is 11.0. The van der Waals surface area contributed by atoms with Crippen LogP contribution in [-0.4, -0.2) is 55.2 Å². The molecule has 2 aliphatic rings. The van der Waals surface area contributed by atoms with Gasteiger partial charge < -0.3 is 29.8 Å². The van der Waals surface area contributed by atoms with Crippen LogP contribution in [0.15, 0.2) is 0 Å². The number of nitrogens with two attached hydrogens (primary N) is 3. The minimum atomic E-state index is 0. The molecule has 24 heavy (non-hydrogen) atoms. The van der Waals surface area contributed by atoms with Gasteiger partial charge in [-0.1, -0.05) is 52.6 Å². The molecule has 4 atom stereocenters. The minimum Gasteiger partial charge on any atom is -0.791 e. The van der Waals surface area contributed by atoms with Gasteiger partial charge in [0.15, 0.2) is 0 Å². The number of hydrogen-bond acceptors (Lipinski definition) is 6. The van der Waals surface area contributed by atoms with Crippen LogP contribution in [0.25, 0.3) is 0 Å². The van der Waals surface area contributed by atoms with Crippen LogP contribution in [0.5, 0.6) is 0 Å². The molecule has 6 N–H and O–H groups in total. The number of alkyl halides is 2. The Bertz CT molecular complexity index is 236. The smallest absolute Gasteiger partial charge is 0.791 e. The summed E-state index contributed by atoms with van der Waals surface area (Å²) in [6, 6.07) is 0. The minimum absolute atomic E-state index is 0. The first-order chi connectivity index (χ1) is 10.6. The van der Waals surface area contributed by atoms with E-state index in [4.69, 9.17) is 17.2 Å². The molecule has 2 fully saturated rings. The molecule has 0 aliphatic heterocycles. The molecule has 4 unspecified atom stereocenters. The maximum Gasteiger partial charge on any atom is 1.00 e. The topological polar surface area (TPSA) is 78.1 Å². The van der Waals surface area contributed by atoms with Gasteiger partial charge in [0, 0.05) is 42.9 Å². The van der Waals surface area contributed by atoms with E-state index in [0.717, 1.165) is 42.9 Å². The van der Waals surface area contributed by atoms with E-state index in [-0.39, 0.29) is 37.0 Å². The maximum atomic E-state index is 5.45. The molecule has 0 saturated heterocycles. The van der Waals surface area contributed by atoms with Crippen molar-refractivity contribution in [3.05, 3.63) is 0 Å². The molecule has 0 aromatic carbocycles. The quantitative estimate of drug-likeness (QED) is 0.164. The van der Waals surface area contributed by atoms with Gasteiger partial charge in [-0.05, 0) is 32.2 Å². The summed E-state index contributed by atoms with van der Waals surface area (Å²) in [6.07, 6.45) is 5.67. The van der Waals surface area contributed by atoms with Crippen LogP contribution < -0.4 is 46.8 Å². The monoisotopic (exact) mass is 629 g/mol. The molecular weight excluding hydrogens is 595 g/mol. The standard InChI is InChI=1S/C8H18N2S2.C4H6I2.C2H7NS.CH4.Na/c9-3-5-11-7-1-2-8(7)12-6-4-10;5-3-1-2-4(3)6;3-1-2-4;;/h7-8H,1-6,9-10H2;3-4H,1-2H2;4H,1-3H2;1H4;/q;;;;+1/p-1. The number of rotatable bonds is 7. The van der Waals surface area contributed by atoms with Gasteiger partial charge in [0.1, 0.15) is 0 Å². The van der Waals surface area contributed by atoms with Crippen LogP contribution in [0.2, 0.25) is 0 Å². The van der Waals surface area contributed by atoms with Crippen molar-refractivity contribution in [1.82, 2.24) is 0 Å². The zero-order chi connectivity index (χ0) is 16.8. The Labute approximate surface area is 213 Å². The second-order valence-electron chi connectivity index (χ2n) is 5.08. The van der Waals surface area contributed by atoms with Crippen LogP contribution >= 0.6 is 68.7 Å². The summed E-state index contributed by atoms with van der Waals surface area (Å²) >= 11 is 13.5. The van der Waals surface area contributed by atoms with Gasteiger partial charge in [-0.15, -0.1) is 0 Å². The van der Waals surface area contributed by atoms with Crippen molar-refractivity contribution in [3.63, 3.8) is 0 Å². The van der Waals surface area contributed by atoms with Gasteiger partial charge in [-0.2, -0.15) is 29.3 Å². The Kier molecular flexibility index (Phi) is 30.3. The predicted octanol–water partition coefficient (Wildman–Crippen LogP) is 0.421. The average Bonchev–Trinajstić information content (AvgIpc) is 2.53. The summed E-state index contributed by atoms with van der Waals surface area (Å²) in [4.78, 5) is 0. The van der Waals surface area contributed by atoms with Gasteiger partial charge in [-0.3, -0.25) is 0 Å². The second kappa shape index (κ2) is 22.7. The zero-order valence-corrected chi connectivity index (χ0v) is 22.9. The molecular formula is C15H34I2N3NaS3. The van der Waals surface area contributed by atoms with Gasteiger partial charge in [0.2, 0.25) is 0 Å². The molecule has 2 saturated carbocycles. The number of hydrogen-bond donors (Lipinski definition) is 3. The summed E-state index contributed by atoms with van der Waals surface area (Å²) in [5.74, 6) is 2.91. The number of halogens is 2. The van der Waals surface area contributed by atoms with E-state index in [2.05, 4.69) is 57.8 Å². The third kappa shape index (κ3) is 16.4. The summed E-state index contributed by atoms with van der Waals surface area (Å²) in [6.45, 7) is 2.26. The Morgan fingerprint density at radius 3 is 1.25 bits per heavy atom. The van der Waals surface area contributed by atoms with Crippen LogP contribution in [0.1, 0.15) is 33.1 Å². The Balaban J connectivity index is -0.000000311. The fourth-order valence-corrected chi connectivity index (χ4v) is 5.77. The van der Waals surface area contributed by atoms with Crippen LogP contribution in [-0.2, 0) is 12.6 Å². The molecule has 0 bridgehead atoms. The molecule has 0 spiro atoms. The zero-order valence-electron chi connectivity index (χ0n) is 14.1. The average molecular weight is 629 g/mol. The molecule has 3 nitrogen and oxygen atoms in total. The molecule has 0 radical (unpaired) electrons. The Morgan fingerprint density at radius 1 is 0.792 bits per heavy atom. The van der Waals surface area contributed by atoms with Crippen LogP contribution in [0.4, 0.5) is 0 Å². The van der Waals surface area contributed by atoms with Crippen molar-refractivity contribution < 1.29 is 29.6 Å². The Morgan fingerprint density at radius 2 is 1.12 bits per heavy atom. The molecule has 0 aromatic heterocycles. The van der Waals surface area contributed by atoms with E-state index in [1.165, 1.54) is 25.7 Å². The molecule has 142 valence electrons. The van der Waals surface area contributed by atoms with Crippen LogP contribution in [0.3, 0.4) is 0 Å². The molecule has 9 heteroatoms. The summed E-state index contributed by atoms with van der Waals surface area (Å²) < 4.78 is 1.98. The van der Waals surface area contributed by atoms with Crippen molar-refractivity contribution in [3.8, 4) is 0 Å². The van der Waals surface area contributed by atoms with E-state index in [9.17, 15) is 0 Å². The van der Waals surface area contributed by atoms with Crippen molar-refractivity contribution in [2.24, 2.45) is 17.2 Å². The first-order valence-electron chi connectivity index (χ1n) is 7.80. The van der Waals surface area contributed by atoms with Gasteiger partial charge in [0.05, 0.1) is 0 Å². The van der Waals surface area contributed by atoms with Gasteiger partial charge in [0.25, 0.3) is 0 Å². The molecule has 2 rings (SSSR count). The summed E-state index contributed by atoms with van der Waals surface area (Å²) in [5.41, 5.74) is 15.8. The molecule has 0 aromatic rings. The van der Waals surface area contributed by atoms with Crippen molar-refractivity contribution >= 4 is 81.3 Å². The second-order valence-corrected chi connectivity index (χ2v) is 11.4. The van der Waals surface area contributed by atoms with E-state index >= 15 is 0 Å². The summed E-state index contributed by atoms with van der Waals surface area (Å²) in [5, 5.41) is 1.73. The molecule has 0 heterocycles. The third-order valence-electron chi connectivity index (χ3n) is 3.28. The van der Waals surface area contributed by atoms with Crippen molar-refractivity contribution in [2.45, 2.75) is 51.5 Å². The van der Waals surface area contributed by atoms with Crippen LogP contribution in [0, 0.1) is 0 Å². The van der Waals surface area contributed by atoms with E-state index < -0.39 is 0 Å². The predicted molar refractivity (Wildman–Crippen MR) is 133 cm³/mol. The first-order valence-corrected chi connectivity index (χ1v) is 13.0. The SMILES string of the molecule is C.IC1CCC1I.NCCSC1CCC1SCCN.NCC[S-].[Na+]. The first kappa shape index (κ1) is 32.1. The van der Waals surface area contributed by atoms with Crippen molar-refractivity contribution in [1.29, 1.82) is 0 Å². The van der Waals surface area contributed by atoms with Crippen molar-refractivity contribution in [2.75, 3.05) is 36.9 Å². The van der Waals surface area contributed by atoms with E-state index in [1.54, 1.807) is 0 Å². The van der Waals surface area contributed by atoms with E-state index in [0.29, 0.717) is 12.3 Å². The van der Waals surface area contributed by atoms with Gasteiger partial charge in [-0.25, -0.2) is 0 Å².